The molecular weight excluding hydrogens is 346 g/mol. The molecule has 1 amide bonds. The highest BCUT2D eigenvalue weighted by atomic mass is 16.5. The topological polar surface area (TPSA) is 93.5 Å². The van der Waals surface area contributed by atoms with E-state index < -0.39 is 12.0 Å². The molecule has 1 heterocycles. The Morgan fingerprint density at radius 2 is 2.07 bits per heavy atom. The summed E-state index contributed by atoms with van der Waals surface area (Å²) in [6.45, 7) is 3.80. The first-order valence-corrected chi connectivity index (χ1v) is 8.92. The van der Waals surface area contributed by atoms with Gasteiger partial charge in [0.1, 0.15) is 11.8 Å². The first kappa shape index (κ1) is 20.5. The van der Waals surface area contributed by atoms with Crippen LogP contribution in [0.1, 0.15) is 30.2 Å². The lowest BCUT2D eigenvalue weighted by molar-refractivity contribution is -0.141. The Morgan fingerprint density at radius 1 is 1.33 bits per heavy atom. The third-order valence-corrected chi connectivity index (χ3v) is 4.42. The fraction of sp³-hybridized carbons (Fsp3) is 0.450. The minimum atomic E-state index is -1.05. The van der Waals surface area contributed by atoms with Crippen LogP contribution in [0.4, 0.5) is 0 Å². The molecule has 7 nitrogen and oxygen atoms in total. The van der Waals surface area contributed by atoms with Gasteiger partial charge < -0.3 is 15.2 Å². The van der Waals surface area contributed by atoms with Gasteiger partial charge in [0.2, 0.25) is 5.91 Å². The Hall–Kier alpha value is -2.83. The van der Waals surface area contributed by atoms with Crippen LogP contribution in [-0.4, -0.2) is 39.9 Å². The van der Waals surface area contributed by atoms with E-state index in [0.717, 1.165) is 22.6 Å². The van der Waals surface area contributed by atoms with Gasteiger partial charge in [-0.1, -0.05) is 19.1 Å². The SMILES string of the molecule is COc1cccc(CC(C)CC(=O)NC(Cc2cn(C)nc2C)C(=O)O)c1. The van der Waals surface area contributed by atoms with Crippen molar-refractivity contribution < 1.29 is 19.4 Å². The van der Waals surface area contributed by atoms with Crippen molar-refractivity contribution >= 4 is 11.9 Å². The molecule has 0 aliphatic rings. The van der Waals surface area contributed by atoms with Crippen LogP contribution >= 0.6 is 0 Å². The molecule has 2 atom stereocenters. The summed E-state index contributed by atoms with van der Waals surface area (Å²) in [6, 6.07) is 6.75. The zero-order valence-electron chi connectivity index (χ0n) is 16.2. The standard InChI is InChI=1S/C20H27N3O4/c1-13(8-15-6-5-7-17(10-15)27-4)9-19(24)21-18(20(25)26)11-16-12-23(3)22-14(16)2/h5-7,10,12-13,18H,8-9,11H2,1-4H3,(H,21,24)(H,25,26). The van der Waals surface area contributed by atoms with Crippen LogP contribution in [0.2, 0.25) is 0 Å². The zero-order valence-corrected chi connectivity index (χ0v) is 16.2. The highest BCUT2D eigenvalue weighted by Crippen LogP contribution is 2.17. The van der Waals surface area contributed by atoms with E-state index in [9.17, 15) is 14.7 Å². The quantitative estimate of drug-likeness (QED) is 0.702. The predicted molar refractivity (Wildman–Crippen MR) is 102 cm³/mol. The lowest BCUT2D eigenvalue weighted by atomic mass is 9.97. The lowest BCUT2D eigenvalue weighted by Crippen LogP contribution is -2.42. The number of hydrogen-bond donors (Lipinski definition) is 2. The number of aromatic nitrogens is 2. The van der Waals surface area contributed by atoms with Crippen molar-refractivity contribution in [2.75, 3.05) is 7.11 Å². The van der Waals surface area contributed by atoms with E-state index in [2.05, 4.69) is 10.4 Å². The van der Waals surface area contributed by atoms with Crippen molar-refractivity contribution in [2.45, 2.75) is 39.2 Å². The molecule has 27 heavy (non-hydrogen) atoms. The van der Waals surface area contributed by atoms with Crippen LogP contribution in [-0.2, 0) is 29.5 Å². The van der Waals surface area contributed by atoms with Crippen molar-refractivity contribution in [3.8, 4) is 5.75 Å². The number of hydrogen-bond acceptors (Lipinski definition) is 4. The number of methoxy groups -OCH3 is 1. The Morgan fingerprint density at radius 3 is 2.67 bits per heavy atom. The van der Waals surface area contributed by atoms with Crippen molar-refractivity contribution in [1.82, 2.24) is 15.1 Å². The molecule has 146 valence electrons. The number of nitrogens with one attached hydrogen (secondary N) is 1. The number of carboxylic acids is 1. The average Bonchev–Trinajstić information content (AvgIpc) is 2.91. The van der Waals surface area contributed by atoms with Crippen LogP contribution in [0.15, 0.2) is 30.5 Å². The maximum Gasteiger partial charge on any atom is 0.326 e. The molecule has 1 aromatic heterocycles. The lowest BCUT2D eigenvalue weighted by Gasteiger charge is -2.17. The third kappa shape index (κ3) is 6.13. The van der Waals surface area contributed by atoms with E-state index in [1.807, 2.05) is 38.1 Å². The first-order chi connectivity index (χ1) is 12.8. The number of carbonyl (C=O) groups is 2. The number of benzene rings is 1. The average molecular weight is 373 g/mol. The molecule has 2 unspecified atom stereocenters. The predicted octanol–water partition coefficient (Wildman–Crippen LogP) is 2.12. The number of ether oxygens (including phenoxy) is 1. The highest BCUT2D eigenvalue weighted by Gasteiger charge is 2.23. The molecule has 2 aromatic rings. The second-order valence-corrected chi connectivity index (χ2v) is 6.94. The maximum atomic E-state index is 12.3. The van der Waals surface area contributed by atoms with Crippen molar-refractivity contribution in [3.05, 3.63) is 47.3 Å². The summed E-state index contributed by atoms with van der Waals surface area (Å²) in [4.78, 5) is 23.9. The monoisotopic (exact) mass is 373 g/mol. The summed E-state index contributed by atoms with van der Waals surface area (Å²) in [6.07, 6.45) is 2.96. The molecule has 1 aromatic carbocycles. The maximum absolute atomic E-state index is 12.3. The van der Waals surface area contributed by atoms with E-state index in [1.165, 1.54) is 0 Å². The van der Waals surface area contributed by atoms with Crippen molar-refractivity contribution in [3.63, 3.8) is 0 Å². The number of nitrogens with zero attached hydrogens (tertiary/aromatic N) is 2. The van der Waals surface area contributed by atoms with Crippen LogP contribution < -0.4 is 10.1 Å². The molecule has 0 saturated carbocycles. The Bertz CT molecular complexity index is 800. The minimum absolute atomic E-state index is 0.0756. The molecule has 0 aliphatic heterocycles. The molecule has 7 heteroatoms. The Labute approximate surface area is 159 Å². The summed E-state index contributed by atoms with van der Waals surface area (Å²) in [7, 11) is 3.40. The fourth-order valence-corrected chi connectivity index (χ4v) is 3.11. The van der Waals surface area contributed by atoms with E-state index >= 15 is 0 Å². The number of carboxylic acid groups (broad SMARTS) is 1. The van der Waals surface area contributed by atoms with E-state index in [0.29, 0.717) is 6.42 Å². The largest absolute Gasteiger partial charge is 0.497 e. The normalized spacial score (nSPS) is 13.0. The molecule has 0 spiro atoms. The smallest absolute Gasteiger partial charge is 0.326 e. The molecule has 0 saturated heterocycles. The van der Waals surface area contributed by atoms with E-state index in [1.54, 1.807) is 25.0 Å². The number of rotatable bonds is 9. The van der Waals surface area contributed by atoms with E-state index in [-0.39, 0.29) is 24.7 Å². The molecule has 0 aliphatic carbocycles. The summed E-state index contributed by atoms with van der Waals surface area (Å²) in [5, 5.41) is 16.3. The van der Waals surface area contributed by atoms with Gasteiger partial charge in [-0.3, -0.25) is 9.48 Å². The molecule has 2 rings (SSSR count). The number of amides is 1. The van der Waals surface area contributed by atoms with Gasteiger partial charge in [-0.05, 0) is 42.5 Å². The van der Waals surface area contributed by atoms with Crippen LogP contribution in [0.3, 0.4) is 0 Å². The van der Waals surface area contributed by atoms with Crippen molar-refractivity contribution in [2.24, 2.45) is 13.0 Å². The number of aliphatic carboxylic acids is 1. The molecule has 0 bridgehead atoms. The van der Waals surface area contributed by atoms with Gasteiger partial charge in [0.05, 0.1) is 12.8 Å². The Kier molecular flexibility index (Phi) is 6.98. The number of carbonyl (C=O) groups excluding carboxylic acids is 1. The minimum Gasteiger partial charge on any atom is -0.497 e. The van der Waals surface area contributed by atoms with Crippen molar-refractivity contribution in [1.29, 1.82) is 0 Å². The molecule has 0 fully saturated rings. The highest BCUT2D eigenvalue weighted by molar-refractivity contribution is 5.83. The zero-order chi connectivity index (χ0) is 20.0. The van der Waals surface area contributed by atoms with Crippen LogP contribution in [0.5, 0.6) is 5.75 Å². The van der Waals surface area contributed by atoms with E-state index in [4.69, 9.17) is 4.74 Å². The first-order valence-electron chi connectivity index (χ1n) is 8.92. The third-order valence-electron chi connectivity index (χ3n) is 4.42. The summed E-state index contributed by atoms with van der Waals surface area (Å²) >= 11 is 0. The second kappa shape index (κ2) is 9.21. The van der Waals surface area contributed by atoms with Gasteiger partial charge in [0.15, 0.2) is 0 Å². The number of aryl methyl sites for hydroxylation is 2. The summed E-state index contributed by atoms with van der Waals surface area (Å²) < 4.78 is 6.85. The van der Waals surface area contributed by atoms with Gasteiger partial charge in [0.25, 0.3) is 0 Å². The molecule has 0 radical (unpaired) electrons. The van der Waals surface area contributed by atoms with Gasteiger partial charge in [-0.2, -0.15) is 5.10 Å². The van der Waals surface area contributed by atoms with Gasteiger partial charge >= 0.3 is 5.97 Å². The summed E-state index contributed by atoms with van der Waals surface area (Å²) in [5.74, 6) is -0.458. The van der Waals surface area contributed by atoms with Crippen LogP contribution in [0.25, 0.3) is 0 Å². The molecular formula is C20H27N3O4. The molecule has 2 N–H and O–H groups in total. The van der Waals surface area contributed by atoms with Crippen LogP contribution in [0, 0.1) is 12.8 Å². The fourth-order valence-electron chi connectivity index (χ4n) is 3.11. The summed E-state index contributed by atoms with van der Waals surface area (Å²) in [5.41, 5.74) is 2.66. The van der Waals surface area contributed by atoms with Gasteiger partial charge in [-0.25, -0.2) is 4.79 Å². The Balaban J connectivity index is 1.92. The van der Waals surface area contributed by atoms with Gasteiger partial charge in [0, 0.05) is 26.1 Å². The second-order valence-electron chi connectivity index (χ2n) is 6.94. The van der Waals surface area contributed by atoms with Gasteiger partial charge in [-0.15, -0.1) is 0 Å².